The van der Waals surface area contributed by atoms with E-state index < -0.39 is 0 Å². The van der Waals surface area contributed by atoms with Crippen molar-refractivity contribution in [3.8, 4) is 0 Å². The largest absolute Gasteiger partial charge is 0.325 e. The molecule has 0 bridgehead atoms. The average molecular weight is 355 g/mol. The Hall–Kier alpha value is -2.11. The van der Waals surface area contributed by atoms with Gasteiger partial charge in [-0.25, -0.2) is 4.98 Å². The number of thioether (sulfide) groups is 1. The lowest BCUT2D eigenvalue weighted by molar-refractivity contribution is -0.115. The van der Waals surface area contributed by atoms with Gasteiger partial charge in [0.25, 0.3) is 0 Å². The number of nitrogens with one attached hydrogen (secondary N) is 1. The summed E-state index contributed by atoms with van der Waals surface area (Å²) in [5.74, 6) is -0.0390. The highest BCUT2D eigenvalue weighted by atomic mass is 32.2. The molecule has 3 rings (SSSR count). The molecule has 3 nitrogen and oxygen atoms in total. The van der Waals surface area contributed by atoms with Gasteiger partial charge in [-0.1, -0.05) is 59.8 Å². The van der Waals surface area contributed by atoms with Crippen molar-refractivity contribution in [2.24, 2.45) is 0 Å². The van der Waals surface area contributed by atoms with Gasteiger partial charge in [0.1, 0.15) is 5.25 Å². The minimum Gasteiger partial charge on any atom is -0.325 e. The number of rotatable bonds is 5. The molecular weight excluding hydrogens is 336 g/mol. The highest BCUT2D eigenvalue weighted by Gasteiger charge is 2.23. The minimum atomic E-state index is -0.335. The zero-order valence-corrected chi connectivity index (χ0v) is 15.2. The smallest absolute Gasteiger partial charge is 0.242 e. The van der Waals surface area contributed by atoms with Crippen LogP contribution in [-0.4, -0.2) is 10.9 Å². The predicted molar refractivity (Wildman–Crippen MR) is 102 cm³/mol. The maximum Gasteiger partial charge on any atom is 0.242 e. The third-order valence-electron chi connectivity index (χ3n) is 3.48. The quantitative estimate of drug-likeness (QED) is 0.638. The fraction of sp³-hybridized carbons (Fsp3) is 0.158. The fourth-order valence-corrected chi connectivity index (χ4v) is 4.27. The molecule has 24 heavy (non-hydrogen) atoms. The second kappa shape index (κ2) is 7.64. The number of anilines is 1. The zero-order valence-electron chi connectivity index (χ0n) is 13.5. The topological polar surface area (TPSA) is 42.0 Å². The van der Waals surface area contributed by atoms with Crippen molar-refractivity contribution >= 4 is 34.7 Å². The molecule has 1 aromatic heterocycles. The second-order valence-electron chi connectivity index (χ2n) is 5.52. The van der Waals surface area contributed by atoms with E-state index in [1.165, 1.54) is 17.3 Å². The molecule has 0 aliphatic heterocycles. The number of benzene rings is 2. The summed E-state index contributed by atoms with van der Waals surface area (Å²) in [6.07, 6.45) is 0. The number of thiazole rings is 1. The minimum absolute atomic E-state index is 0.0390. The van der Waals surface area contributed by atoms with Gasteiger partial charge in [-0.15, -0.1) is 11.3 Å². The number of nitrogens with zero attached hydrogens (tertiary/aromatic N) is 1. The molecule has 0 unspecified atom stereocenters. The Morgan fingerprint density at radius 1 is 1.08 bits per heavy atom. The molecule has 0 radical (unpaired) electrons. The predicted octanol–water partition coefficient (Wildman–Crippen LogP) is 5.23. The van der Waals surface area contributed by atoms with Crippen LogP contribution in [0.25, 0.3) is 0 Å². The highest BCUT2D eigenvalue weighted by molar-refractivity contribution is 8.01. The summed E-state index contributed by atoms with van der Waals surface area (Å²) in [5, 5.41) is 4.68. The Kier molecular flexibility index (Phi) is 5.33. The number of carbonyl (C=O) groups excluding carboxylic acids is 1. The number of amides is 1. The van der Waals surface area contributed by atoms with Crippen molar-refractivity contribution in [1.29, 1.82) is 0 Å². The number of aromatic nitrogens is 1. The fourth-order valence-electron chi connectivity index (χ4n) is 2.23. The van der Waals surface area contributed by atoms with Crippen LogP contribution in [0.3, 0.4) is 0 Å². The van der Waals surface area contributed by atoms with Gasteiger partial charge in [-0.3, -0.25) is 4.79 Å². The Morgan fingerprint density at radius 2 is 1.79 bits per heavy atom. The van der Waals surface area contributed by atoms with Gasteiger partial charge < -0.3 is 5.32 Å². The van der Waals surface area contributed by atoms with E-state index >= 15 is 0 Å². The van der Waals surface area contributed by atoms with E-state index in [0.717, 1.165) is 21.3 Å². The van der Waals surface area contributed by atoms with Crippen molar-refractivity contribution in [2.45, 2.75) is 23.4 Å². The molecule has 122 valence electrons. The van der Waals surface area contributed by atoms with Gasteiger partial charge in [0.2, 0.25) is 5.91 Å². The van der Waals surface area contributed by atoms with E-state index in [9.17, 15) is 4.79 Å². The molecule has 1 atom stereocenters. The van der Waals surface area contributed by atoms with Crippen molar-refractivity contribution in [3.63, 3.8) is 0 Å². The molecule has 3 aromatic rings. The van der Waals surface area contributed by atoms with Gasteiger partial charge in [0.05, 0.1) is 0 Å². The van der Waals surface area contributed by atoms with Crippen molar-refractivity contribution < 1.29 is 4.79 Å². The van der Waals surface area contributed by atoms with Crippen LogP contribution in [0.15, 0.2) is 64.3 Å². The summed E-state index contributed by atoms with van der Waals surface area (Å²) in [4.78, 5) is 17.3. The summed E-state index contributed by atoms with van der Waals surface area (Å²) in [7, 11) is 0. The van der Waals surface area contributed by atoms with Crippen LogP contribution in [0.1, 0.15) is 22.1 Å². The maximum atomic E-state index is 12.9. The van der Waals surface area contributed by atoms with E-state index in [1.54, 1.807) is 11.3 Å². The third kappa shape index (κ3) is 4.24. The first-order valence-corrected chi connectivity index (χ1v) is 9.39. The molecule has 0 aliphatic carbocycles. The molecule has 1 heterocycles. The Morgan fingerprint density at radius 3 is 2.42 bits per heavy atom. The highest BCUT2D eigenvalue weighted by Crippen LogP contribution is 2.37. The van der Waals surface area contributed by atoms with Gasteiger partial charge in [-0.05, 0) is 31.5 Å². The first-order valence-electron chi connectivity index (χ1n) is 7.63. The molecule has 5 heteroatoms. The van der Waals surface area contributed by atoms with Crippen molar-refractivity contribution in [3.05, 3.63) is 76.8 Å². The lowest BCUT2D eigenvalue weighted by Gasteiger charge is -2.16. The number of hydrogen-bond donors (Lipinski definition) is 1. The Bertz CT molecular complexity index is 813. The van der Waals surface area contributed by atoms with E-state index in [4.69, 9.17) is 0 Å². The molecule has 0 fully saturated rings. The molecule has 0 spiro atoms. The van der Waals surface area contributed by atoms with Crippen LogP contribution in [0.5, 0.6) is 0 Å². The van der Waals surface area contributed by atoms with Crippen LogP contribution in [-0.2, 0) is 4.79 Å². The normalized spacial score (nSPS) is 11.9. The molecule has 0 aliphatic rings. The van der Waals surface area contributed by atoms with E-state index in [-0.39, 0.29) is 11.2 Å². The molecule has 1 N–H and O–H groups in total. The summed E-state index contributed by atoms with van der Waals surface area (Å²) >= 11 is 3.06. The molecule has 0 saturated carbocycles. The lowest BCUT2D eigenvalue weighted by atomic mass is 10.1. The van der Waals surface area contributed by atoms with E-state index in [2.05, 4.69) is 10.3 Å². The van der Waals surface area contributed by atoms with E-state index in [0.29, 0.717) is 0 Å². The molecule has 1 amide bonds. The third-order valence-corrected chi connectivity index (χ3v) is 5.82. The van der Waals surface area contributed by atoms with Gasteiger partial charge >= 0.3 is 0 Å². The summed E-state index contributed by atoms with van der Waals surface area (Å²) in [6.45, 7) is 3.99. The van der Waals surface area contributed by atoms with Crippen LogP contribution in [0, 0.1) is 13.8 Å². The zero-order chi connectivity index (χ0) is 16.9. The van der Waals surface area contributed by atoms with Gasteiger partial charge in [-0.2, -0.15) is 0 Å². The van der Waals surface area contributed by atoms with Crippen LogP contribution in [0.4, 0.5) is 5.69 Å². The van der Waals surface area contributed by atoms with Crippen molar-refractivity contribution in [2.75, 3.05) is 5.32 Å². The first kappa shape index (κ1) is 16.7. The van der Waals surface area contributed by atoms with Crippen LogP contribution in [0.2, 0.25) is 0 Å². The van der Waals surface area contributed by atoms with Gasteiger partial charge in [0.15, 0.2) is 4.34 Å². The van der Waals surface area contributed by atoms with Gasteiger partial charge in [0, 0.05) is 16.8 Å². The summed E-state index contributed by atoms with van der Waals surface area (Å²) in [6, 6.07) is 17.6. The Labute approximate surface area is 150 Å². The summed E-state index contributed by atoms with van der Waals surface area (Å²) in [5.41, 5.74) is 3.93. The van der Waals surface area contributed by atoms with Crippen LogP contribution < -0.4 is 5.32 Å². The van der Waals surface area contributed by atoms with Crippen LogP contribution >= 0.6 is 23.1 Å². The Balaban J connectivity index is 1.83. The molecule has 2 aromatic carbocycles. The maximum absolute atomic E-state index is 12.9. The molecule has 0 saturated heterocycles. The monoisotopic (exact) mass is 354 g/mol. The number of hydrogen-bond acceptors (Lipinski definition) is 4. The average Bonchev–Trinajstić information content (AvgIpc) is 3.00. The van der Waals surface area contributed by atoms with E-state index in [1.807, 2.05) is 73.8 Å². The number of aryl methyl sites for hydroxylation is 2. The first-order chi connectivity index (χ1) is 11.6. The molecular formula is C19H18N2OS2. The van der Waals surface area contributed by atoms with Crippen molar-refractivity contribution in [1.82, 2.24) is 4.98 Å². The summed E-state index contributed by atoms with van der Waals surface area (Å²) < 4.78 is 0.903. The lowest BCUT2D eigenvalue weighted by Crippen LogP contribution is -2.19. The SMILES string of the molecule is Cc1ccc(NC(=O)[C@H](Sc2nc(C)cs2)c2ccccc2)cc1. The second-order valence-corrected chi connectivity index (χ2v) is 7.73. The number of carbonyl (C=O) groups is 1. The standard InChI is InChI=1S/C19H18N2OS2/c1-13-8-10-16(11-9-13)21-18(22)17(15-6-4-3-5-7-15)24-19-20-14(2)12-23-19/h3-12,17H,1-2H3,(H,21,22)/t17-/m1/s1.